The van der Waals surface area contributed by atoms with Crippen LogP contribution in [-0.2, 0) is 30.5 Å². The lowest BCUT2D eigenvalue weighted by molar-refractivity contribution is -0.162. The van der Waals surface area contributed by atoms with E-state index in [1.807, 2.05) is 12.1 Å². The van der Waals surface area contributed by atoms with Crippen molar-refractivity contribution < 1.29 is 23.9 Å². The first-order chi connectivity index (χ1) is 27.0. The first-order valence-electron chi connectivity index (χ1n) is 22.7. The van der Waals surface area contributed by atoms with Gasteiger partial charge in [0, 0.05) is 25.0 Å². The van der Waals surface area contributed by atoms with Gasteiger partial charge in [-0.2, -0.15) is 0 Å². The van der Waals surface area contributed by atoms with E-state index in [1.165, 1.54) is 81.4 Å². The van der Waals surface area contributed by atoms with Gasteiger partial charge in [0.25, 0.3) is 0 Å². The van der Waals surface area contributed by atoms with Crippen molar-refractivity contribution in [3.05, 3.63) is 60.2 Å². The predicted molar refractivity (Wildman–Crippen MR) is 227 cm³/mol. The molecule has 0 saturated heterocycles. The molecular weight excluding hydrogens is 695 g/mol. The van der Waals surface area contributed by atoms with Gasteiger partial charge in [-0.25, -0.2) is 0 Å². The van der Waals surface area contributed by atoms with E-state index in [0.29, 0.717) is 53.6 Å². The Balaban J connectivity index is 0.872. The van der Waals surface area contributed by atoms with Crippen molar-refractivity contribution in [2.24, 2.45) is 46.3 Å². The lowest BCUT2D eigenvalue weighted by Gasteiger charge is -2.61. The maximum atomic E-state index is 12.9. The Morgan fingerprint density at radius 2 is 1.48 bits per heavy atom. The molecule has 308 valence electrons. The molecule has 0 aromatic heterocycles. The summed E-state index contributed by atoms with van der Waals surface area (Å²) in [6.45, 7) is 14.1. The van der Waals surface area contributed by atoms with Crippen LogP contribution in [-0.4, -0.2) is 30.5 Å². The molecule has 0 spiro atoms. The minimum absolute atomic E-state index is 0.0156. The summed E-state index contributed by atoms with van der Waals surface area (Å²) in [6, 6.07) is 14.6. The summed E-state index contributed by atoms with van der Waals surface area (Å²) in [7, 11) is 0. The van der Waals surface area contributed by atoms with Crippen LogP contribution in [0.3, 0.4) is 0 Å². The molecule has 0 bridgehead atoms. The topological polar surface area (TPSA) is 81.7 Å². The van der Waals surface area contributed by atoms with Crippen molar-refractivity contribution in [3.63, 3.8) is 0 Å². The fourth-order valence-electron chi connectivity index (χ4n) is 12.5. The van der Waals surface area contributed by atoms with Crippen LogP contribution < -0.4 is 5.32 Å². The smallest absolute Gasteiger partial charge is 0.306 e. The lowest BCUT2D eigenvalue weighted by atomic mass is 9.44. The number of carbonyl (C=O) groups is 3. The number of carbonyl (C=O) groups excluding carboxylic acids is 3. The summed E-state index contributed by atoms with van der Waals surface area (Å²) in [5, 5.41) is 5.29. The fourth-order valence-corrected chi connectivity index (χ4v) is 12.5. The quantitative estimate of drug-likeness (QED) is 0.0874. The highest BCUT2D eigenvalue weighted by molar-refractivity contribution is 5.92. The Hall–Kier alpha value is -3.15. The summed E-state index contributed by atoms with van der Waals surface area (Å²) in [4.78, 5) is 37.3. The molecule has 4 aliphatic rings. The Labute approximate surface area is 338 Å². The normalized spacial score (nSPS) is 30.1. The zero-order chi connectivity index (χ0) is 39.7. The molecule has 56 heavy (non-hydrogen) atoms. The third kappa shape index (κ3) is 10.3. The van der Waals surface area contributed by atoms with E-state index < -0.39 is 0 Å². The van der Waals surface area contributed by atoms with Crippen LogP contribution in [0.4, 0.5) is 0 Å². The number of rotatable bonds is 19. The molecule has 2 aromatic rings. The number of benzene rings is 2. The van der Waals surface area contributed by atoms with Crippen LogP contribution in [0.15, 0.2) is 54.6 Å². The Morgan fingerprint density at radius 1 is 0.786 bits per heavy atom. The van der Waals surface area contributed by atoms with E-state index in [0.717, 1.165) is 74.8 Å². The minimum Gasteiger partial charge on any atom is -0.462 e. The van der Waals surface area contributed by atoms with Crippen molar-refractivity contribution >= 4 is 28.6 Å². The van der Waals surface area contributed by atoms with Gasteiger partial charge in [0.15, 0.2) is 0 Å². The summed E-state index contributed by atoms with van der Waals surface area (Å²) >= 11 is 0. The van der Waals surface area contributed by atoms with Crippen molar-refractivity contribution in [2.75, 3.05) is 6.54 Å². The van der Waals surface area contributed by atoms with Crippen molar-refractivity contribution in [2.45, 2.75) is 169 Å². The highest BCUT2D eigenvalue weighted by atomic mass is 16.5. The van der Waals surface area contributed by atoms with Gasteiger partial charge in [-0.3, -0.25) is 14.4 Å². The van der Waals surface area contributed by atoms with E-state index >= 15 is 0 Å². The molecule has 6 rings (SSSR count). The van der Waals surface area contributed by atoms with Gasteiger partial charge in [0.2, 0.25) is 5.91 Å². The number of amides is 1. The summed E-state index contributed by atoms with van der Waals surface area (Å²) in [5.74, 6) is 4.17. The highest BCUT2D eigenvalue weighted by Gasteiger charge is 2.60. The molecule has 2 aromatic carbocycles. The number of nitrogens with one attached hydrogen (secondary N) is 1. The molecule has 0 heterocycles. The number of unbranched alkanes of at least 4 members (excludes halogenated alkanes) is 7. The molecule has 4 aliphatic carbocycles. The Bertz CT molecular complexity index is 1650. The average molecular weight is 768 g/mol. The lowest BCUT2D eigenvalue weighted by Crippen LogP contribution is -2.54. The maximum absolute atomic E-state index is 12.9. The van der Waals surface area contributed by atoms with Crippen LogP contribution in [0.5, 0.6) is 0 Å². The summed E-state index contributed by atoms with van der Waals surface area (Å²) < 4.78 is 11.9. The van der Waals surface area contributed by atoms with Crippen LogP contribution in [0.1, 0.15) is 162 Å². The van der Waals surface area contributed by atoms with Gasteiger partial charge in [-0.05, 0) is 153 Å². The van der Waals surface area contributed by atoms with Gasteiger partial charge >= 0.3 is 11.9 Å². The van der Waals surface area contributed by atoms with Gasteiger partial charge in [-0.15, -0.1) is 0 Å². The molecule has 9 atom stereocenters. The van der Waals surface area contributed by atoms with E-state index in [4.69, 9.17) is 9.47 Å². The van der Waals surface area contributed by atoms with E-state index in [9.17, 15) is 14.4 Å². The monoisotopic (exact) mass is 768 g/mol. The van der Waals surface area contributed by atoms with E-state index in [1.54, 1.807) is 6.92 Å². The third-order valence-electron chi connectivity index (χ3n) is 15.7. The molecule has 4 saturated carbocycles. The minimum atomic E-state index is -0.0702. The van der Waals surface area contributed by atoms with Crippen molar-refractivity contribution in [1.82, 2.24) is 5.32 Å². The Kier molecular flexibility index (Phi) is 14.8. The third-order valence-corrected chi connectivity index (χ3v) is 15.7. The van der Waals surface area contributed by atoms with E-state index in [-0.39, 0.29) is 23.9 Å². The van der Waals surface area contributed by atoms with Crippen molar-refractivity contribution in [3.8, 4) is 0 Å². The highest BCUT2D eigenvalue weighted by Crippen LogP contribution is 2.68. The first-order valence-corrected chi connectivity index (χ1v) is 22.7. The second-order valence-electron chi connectivity index (χ2n) is 19.2. The first kappa shape index (κ1) is 42.5. The number of hydrogen-bond acceptors (Lipinski definition) is 5. The largest absolute Gasteiger partial charge is 0.462 e. The fraction of sp³-hybridized carbons (Fsp3) is 0.700. The molecule has 0 aliphatic heterocycles. The number of hydrogen-bond donors (Lipinski definition) is 1. The van der Waals surface area contributed by atoms with Gasteiger partial charge in [0.1, 0.15) is 12.7 Å². The van der Waals surface area contributed by atoms with Gasteiger partial charge < -0.3 is 14.8 Å². The SMILES string of the molecule is C=C(C)C(=O)NCCCCCCCCCCC(=O)O[C@H]1CC[C@@]2(C)[C@H](CC[C@@H]3[C@@H]2CC[C@]2(C)[C@@H]([C@H](C)CCC(=O)OCc4ccc5ccccc5c4)CC[C@@H]32)C1. The second-order valence-corrected chi connectivity index (χ2v) is 19.2. The Morgan fingerprint density at radius 3 is 2.25 bits per heavy atom. The van der Waals surface area contributed by atoms with Gasteiger partial charge in [-0.1, -0.05) is 102 Å². The summed E-state index contributed by atoms with van der Waals surface area (Å²) in [6.07, 6.45) is 22.2. The molecule has 6 heteroatoms. The number of ether oxygens (including phenoxy) is 2. The van der Waals surface area contributed by atoms with Crippen LogP contribution in [0, 0.1) is 46.3 Å². The molecule has 1 amide bonds. The van der Waals surface area contributed by atoms with Crippen LogP contribution in [0.25, 0.3) is 10.8 Å². The maximum Gasteiger partial charge on any atom is 0.306 e. The van der Waals surface area contributed by atoms with E-state index in [2.05, 4.69) is 63.0 Å². The molecule has 6 nitrogen and oxygen atoms in total. The molecule has 0 radical (unpaired) electrons. The summed E-state index contributed by atoms with van der Waals surface area (Å²) in [5.41, 5.74) is 2.35. The van der Waals surface area contributed by atoms with Crippen molar-refractivity contribution in [1.29, 1.82) is 0 Å². The molecule has 0 unspecified atom stereocenters. The second kappa shape index (κ2) is 19.5. The number of esters is 2. The molecule has 1 N–H and O–H groups in total. The van der Waals surface area contributed by atoms with Gasteiger partial charge in [0.05, 0.1) is 0 Å². The molecular formula is C50H73NO5. The average Bonchev–Trinajstić information content (AvgIpc) is 3.55. The zero-order valence-electron chi connectivity index (χ0n) is 35.4. The number of fused-ring (bicyclic) bond motifs is 6. The van der Waals surface area contributed by atoms with Crippen LogP contribution >= 0.6 is 0 Å². The standard InChI is InChI=1S/C50H73NO5/c1-35(2)48(54)51-31-15-11-9-7-6-8-10-12-18-47(53)56-41-27-29-49(4)40(33-41)22-23-42-44-25-24-43(50(44,5)30-28-45(42)49)36(3)19-26-46(52)55-34-37-20-21-38-16-13-14-17-39(38)32-37/h13-14,16-17,20-21,32,36,40-45H,1,6-12,15,18-19,22-31,33-34H2,2-5H3,(H,51,54)/t36-,40-,41+,42+,43-,44+,45+,49+,50-/m1/s1. The van der Waals surface area contributed by atoms with Crippen LogP contribution in [0.2, 0.25) is 0 Å². The predicted octanol–water partition coefficient (Wildman–Crippen LogP) is 12.1. The molecule has 4 fully saturated rings. The zero-order valence-corrected chi connectivity index (χ0v) is 35.4.